The lowest BCUT2D eigenvalue weighted by molar-refractivity contribution is 0.601. The number of halogens is 1. The second-order valence-corrected chi connectivity index (χ2v) is 7.01. The summed E-state index contributed by atoms with van der Waals surface area (Å²) in [5.41, 5.74) is 1.09. The molecule has 4 heteroatoms. The van der Waals surface area contributed by atoms with Crippen LogP contribution in [0.2, 0.25) is 0 Å². The smallest absolute Gasteiger partial charge is 0.175 e. The Hall–Kier alpha value is -0.540. The topological polar surface area (TPSA) is 34.1 Å². The Morgan fingerprint density at radius 3 is 2.18 bits per heavy atom. The molecule has 0 aliphatic rings. The van der Waals surface area contributed by atoms with Crippen molar-refractivity contribution in [3.05, 3.63) is 29.8 Å². The highest BCUT2D eigenvalue weighted by Gasteiger charge is 2.16. The molecule has 1 aromatic carbocycles. The highest BCUT2D eigenvalue weighted by molar-refractivity contribution is 7.90. The third-order valence-corrected chi connectivity index (χ3v) is 4.67. The molecule has 2 nitrogen and oxygen atoms in total. The Morgan fingerprint density at radius 1 is 1.24 bits per heavy atom. The van der Waals surface area contributed by atoms with Crippen LogP contribution in [0.4, 0.5) is 0 Å². The number of sulfone groups is 1. The Kier molecular flexibility index (Phi) is 5.02. The molecule has 96 valence electrons. The zero-order chi connectivity index (χ0) is 13.1. The van der Waals surface area contributed by atoms with Gasteiger partial charge in [-0.25, -0.2) is 8.42 Å². The largest absolute Gasteiger partial charge is 0.224 e. The standard InChI is InChI=1S/C13H19ClO2S/c1-4-5-13(14)10(2)11-6-8-12(9-7-11)17(3,15)16/h6-10,13H,4-5H2,1-3H3. The van der Waals surface area contributed by atoms with Gasteiger partial charge in [-0.15, -0.1) is 11.6 Å². The molecule has 0 N–H and O–H groups in total. The predicted molar refractivity (Wildman–Crippen MR) is 72.5 cm³/mol. The van der Waals surface area contributed by atoms with Gasteiger partial charge in [0.05, 0.1) is 4.90 Å². The van der Waals surface area contributed by atoms with Gasteiger partial charge >= 0.3 is 0 Å². The van der Waals surface area contributed by atoms with Gasteiger partial charge in [0.15, 0.2) is 9.84 Å². The van der Waals surface area contributed by atoms with Crippen LogP contribution in [0, 0.1) is 0 Å². The molecule has 0 saturated carbocycles. The minimum absolute atomic E-state index is 0.101. The number of hydrogen-bond acceptors (Lipinski definition) is 2. The van der Waals surface area contributed by atoms with Gasteiger partial charge in [-0.05, 0) is 30.0 Å². The second kappa shape index (κ2) is 5.87. The summed E-state index contributed by atoms with van der Waals surface area (Å²) in [6, 6.07) is 7.01. The number of rotatable bonds is 5. The van der Waals surface area contributed by atoms with E-state index < -0.39 is 9.84 Å². The minimum atomic E-state index is -3.11. The maximum absolute atomic E-state index is 11.3. The van der Waals surface area contributed by atoms with Crippen molar-refractivity contribution in [2.75, 3.05) is 6.26 Å². The van der Waals surface area contributed by atoms with Crippen LogP contribution >= 0.6 is 11.6 Å². The normalized spacial score (nSPS) is 15.5. The molecule has 0 saturated heterocycles. The fourth-order valence-corrected chi connectivity index (χ4v) is 2.75. The molecule has 1 rings (SSSR count). The van der Waals surface area contributed by atoms with Crippen LogP contribution in [0.5, 0.6) is 0 Å². The first-order valence-corrected chi connectivity index (χ1v) is 8.13. The van der Waals surface area contributed by atoms with Crippen LogP contribution in [0.25, 0.3) is 0 Å². The monoisotopic (exact) mass is 274 g/mol. The van der Waals surface area contributed by atoms with Crippen molar-refractivity contribution in [2.45, 2.75) is 42.9 Å². The summed E-state index contributed by atoms with van der Waals surface area (Å²) in [6.45, 7) is 4.18. The Labute approximate surface area is 109 Å². The van der Waals surface area contributed by atoms with Crippen molar-refractivity contribution in [2.24, 2.45) is 0 Å². The van der Waals surface area contributed by atoms with Crippen LogP contribution < -0.4 is 0 Å². The Bertz CT molecular complexity index is 451. The molecule has 17 heavy (non-hydrogen) atoms. The summed E-state index contributed by atoms with van der Waals surface area (Å²) in [5, 5.41) is 0.101. The second-order valence-electron chi connectivity index (χ2n) is 4.43. The van der Waals surface area contributed by atoms with E-state index in [-0.39, 0.29) is 11.3 Å². The van der Waals surface area contributed by atoms with Gasteiger partial charge < -0.3 is 0 Å². The molecule has 0 aliphatic heterocycles. The van der Waals surface area contributed by atoms with Gasteiger partial charge in [-0.3, -0.25) is 0 Å². The summed E-state index contributed by atoms with van der Waals surface area (Å²) in [7, 11) is -3.11. The van der Waals surface area contributed by atoms with Crippen LogP contribution in [0.15, 0.2) is 29.2 Å². The van der Waals surface area contributed by atoms with Crippen LogP contribution in [-0.4, -0.2) is 20.1 Å². The highest BCUT2D eigenvalue weighted by Crippen LogP contribution is 2.27. The van der Waals surface area contributed by atoms with E-state index in [0.717, 1.165) is 18.4 Å². The first-order valence-electron chi connectivity index (χ1n) is 5.80. The molecule has 0 bridgehead atoms. The maximum Gasteiger partial charge on any atom is 0.175 e. The van der Waals surface area contributed by atoms with E-state index in [0.29, 0.717) is 4.90 Å². The first-order chi connectivity index (χ1) is 7.86. The van der Waals surface area contributed by atoms with Crippen molar-refractivity contribution >= 4 is 21.4 Å². The number of alkyl halides is 1. The third-order valence-electron chi connectivity index (χ3n) is 2.94. The first kappa shape index (κ1) is 14.5. The number of hydrogen-bond donors (Lipinski definition) is 0. The quantitative estimate of drug-likeness (QED) is 0.769. The molecular formula is C13H19ClO2S. The van der Waals surface area contributed by atoms with E-state index in [1.807, 2.05) is 12.1 Å². The lowest BCUT2D eigenvalue weighted by atomic mass is 9.95. The van der Waals surface area contributed by atoms with E-state index in [1.54, 1.807) is 12.1 Å². The van der Waals surface area contributed by atoms with Crippen molar-refractivity contribution in [1.82, 2.24) is 0 Å². The molecule has 0 fully saturated rings. The van der Waals surface area contributed by atoms with Crippen LogP contribution in [0.1, 0.15) is 38.2 Å². The molecule has 0 radical (unpaired) electrons. The molecule has 2 unspecified atom stereocenters. The molecule has 2 atom stereocenters. The molecule has 0 heterocycles. The molecule has 1 aromatic rings. The summed E-state index contributed by atoms with van der Waals surface area (Å²) in [4.78, 5) is 0.357. The lowest BCUT2D eigenvalue weighted by Gasteiger charge is -2.17. The molecular weight excluding hydrogens is 256 g/mol. The predicted octanol–water partition coefficient (Wildman–Crippen LogP) is 3.60. The van der Waals surface area contributed by atoms with Gasteiger partial charge in [-0.2, -0.15) is 0 Å². The lowest BCUT2D eigenvalue weighted by Crippen LogP contribution is -2.09. The van der Waals surface area contributed by atoms with Gasteiger partial charge in [0, 0.05) is 11.6 Å². The summed E-state index contributed by atoms with van der Waals surface area (Å²) >= 11 is 6.28. The average molecular weight is 275 g/mol. The zero-order valence-electron chi connectivity index (χ0n) is 10.5. The molecule has 0 spiro atoms. The summed E-state index contributed by atoms with van der Waals surface area (Å²) in [6.07, 6.45) is 3.24. The van der Waals surface area contributed by atoms with Crippen molar-refractivity contribution < 1.29 is 8.42 Å². The van der Waals surface area contributed by atoms with E-state index in [1.165, 1.54) is 6.26 Å². The Balaban J connectivity index is 2.88. The van der Waals surface area contributed by atoms with Crippen molar-refractivity contribution in [1.29, 1.82) is 0 Å². The fourth-order valence-electron chi connectivity index (χ4n) is 1.75. The molecule has 0 aliphatic carbocycles. The number of benzene rings is 1. The maximum atomic E-state index is 11.3. The minimum Gasteiger partial charge on any atom is -0.224 e. The van der Waals surface area contributed by atoms with Crippen molar-refractivity contribution in [3.63, 3.8) is 0 Å². The van der Waals surface area contributed by atoms with Gasteiger partial charge in [0.25, 0.3) is 0 Å². The fraction of sp³-hybridized carbons (Fsp3) is 0.538. The van der Waals surface area contributed by atoms with E-state index in [9.17, 15) is 8.42 Å². The van der Waals surface area contributed by atoms with Crippen LogP contribution in [0.3, 0.4) is 0 Å². The highest BCUT2D eigenvalue weighted by atomic mass is 35.5. The van der Waals surface area contributed by atoms with Gasteiger partial charge in [0.2, 0.25) is 0 Å². The SMILES string of the molecule is CCCC(Cl)C(C)c1ccc(S(C)(=O)=O)cc1. The average Bonchev–Trinajstić information content (AvgIpc) is 2.27. The van der Waals surface area contributed by atoms with Crippen LogP contribution in [-0.2, 0) is 9.84 Å². The van der Waals surface area contributed by atoms with E-state index >= 15 is 0 Å². The summed E-state index contributed by atoms with van der Waals surface area (Å²) in [5.74, 6) is 0.241. The van der Waals surface area contributed by atoms with E-state index in [4.69, 9.17) is 11.6 Å². The Morgan fingerprint density at radius 2 is 1.76 bits per heavy atom. The van der Waals surface area contributed by atoms with Crippen molar-refractivity contribution in [3.8, 4) is 0 Å². The van der Waals surface area contributed by atoms with Gasteiger partial charge in [-0.1, -0.05) is 32.4 Å². The summed E-state index contributed by atoms with van der Waals surface area (Å²) < 4.78 is 22.6. The third kappa shape index (κ3) is 4.00. The molecule has 0 aromatic heterocycles. The van der Waals surface area contributed by atoms with E-state index in [2.05, 4.69) is 13.8 Å². The van der Waals surface area contributed by atoms with Gasteiger partial charge in [0.1, 0.15) is 0 Å². The zero-order valence-corrected chi connectivity index (χ0v) is 12.1. The molecule has 0 amide bonds.